The fourth-order valence-electron chi connectivity index (χ4n) is 2.06. The van der Waals surface area contributed by atoms with Crippen LogP contribution in [0.15, 0.2) is 30.5 Å². The molecule has 1 aromatic heterocycles. The summed E-state index contributed by atoms with van der Waals surface area (Å²) in [5.74, 6) is 1.57. The summed E-state index contributed by atoms with van der Waals surface area (Å²) in [4.78, 5) is 4.25. The molecule has 20 heavy (non-hydrogen) atoms. The molecule has 1 heterocycles. The third-order valence-corrected chi connectivity index (χ3v) is 3.58. The van der Waals surface area contributed by atoms with Crippen LogP contribution in [0.4, 0.5) is 0 Å². The third kappa shape index (κ3) is 2.99. The first-order chi connectivity index (χ1) is 9.52. The lowest BCUT2D eigenvalue weighted by Crippen LogP contribution is -1.99. The van der Waals surface area contributed by atoms with Crippen molar-refractivity contribution in [1.82, 2.24) is 4.98 Å². The van der Waals surface area contributed by atoms with Gasteiger partial charge in [0.2, 0.25) is 0 Å². The third-order valence-electron chi connectivity index (χ3n) is 3.58. The Kier molecular flexibility index (Phi) is 4.40. The van der Waals surface area contributed by atoms with Crippen LogP contribution < -0.4 is 4.74 Å². The highest BCUT2D eigenvalue weighted by Crippen LogP contribution is 2.30. The van der Waals surface area contributed by atoms with Crippen molar-refractivity contribution in [2.45, 2.75) is 40.2 Å². The largest absolute Gasteiger partial charge is 0.455 e. The second-order valence-corrected chi connectivity index (χ2v) is 5.10. The first kappa shape index (κ1) is 14.5. The maximum atomic E-state index is 9.73. The van der Waals surface area contributed by atoms with E-state index < -0.39 is 6.10 Å². The van der Waals surface area contributed by atoms with Crippen molar-refractivity contribution >= 4 is 0 Å². The van der Waals surface area contributed by atoms with Crippen molar-refractivity contribution < 1.29 is 9.84 Å². The van der Waals surface area contributed by atoms with E-state index in [9.17, 15) is 5.11 Å². The van der Waals surface area contributed by atoms with Gasteiger partial charge in [0.25, 0.3) is 0 Å². The molecule has 2 aromatic rings. The van der Waals surface area contributed by atoms with E-state index in [2.05, 4.69) is 31.0 Å². The predicted molar refractivity (Wildman–Crippen MR) is 80.2 cm³/mol. The zero-order valence-electron chi connectivity index (χ0n) is 12.5. The summed E-state index contributed by atoms with van der Waals surface area (Å²) >= 11 is 0. The lowest BCUT2D eigenvalue weighted by atomic mass is 10.1. The molecule has 0 amide bonds. The van der Waals surface area contributed by atoms with E-state index in [1.807, 2.05) is 26.0 Å². The SMILES string of the molecule is CCC(O)c1ccc(Oc2c(C)ccc(C)c2C)cn1. The maximum Gasteiger partial charge on any atom is 0.145 e. The van der Waals surface area contributed by atoms with Gasteiger partial charge in [-0.1, -0.05) is 19.1 Å². The Morgan fingerprint density at radius 2 is 1.80 bits per heavy atom. The number of aliphatic hydroxyl groups is 1. The number of aryl methyl sites for hydroxylation is 2. The standard InChI is InChI=1S/C17H21NO2/c1-5-16(19)15-9-8-14(10-18-15)20-17-12(3)7-6-11(2)13(17)4/h6-10,16,19H,5H2,1-4H3. The van der Waals surface area contributed by atoms with Gasteiger partial charge in [-0.15, -0.1) is 0 Å². The number of benzene rings is 1. The molecule has 3 nitrogen and oxygen atoms in total. The molecule has 0 aliphatic heterocycles. The van der Waals surface area contributed by atoms with E-state index in [1.165, 1.54) is 5.56 Å². The van der Waals surface area contributed by atoms with E-state index in [1.54, 1.807) is 6.20 Å². The molecule has 0 aliphatic rings. The van der Waals surface area contributed by atoms with Gasteiger partial charge < -0.3 is 9.84 Å². The van der Waals surface area contributed by atoms with E-state index in [0.29, 0.717) is 17.9 Å². The van der Waals surface area contributed by atoms with Crippen molar-refractivity contribution in [3.8, 4) is 11.5 Å². The molecular formula is C17H21NO2. The maximum absolute atomic E-state index is 9.73. The van der Waals surface area contributed by atoms with Gasteiger partial charge in [-0.2, -0.15) is 0 Å². The number of rotatable bonds is 4. The van der Waals surface area contributed by atoms with Crippen LogP contribution in [0.2, 0.25) is 0 Å². The zero-order chi connectivity index (χ0) is 14.7. The number of pyridine rings is 1. The molecule has 0 saturated heterocycles. The van der Waals surface area contributed by atoms with Gasteiger partial charge >= 0.3 is 0 Å². The number of hydrogen-bond donors (Lipinski definition) is 1. The Labute approximate surface area is 120 Å². The van der Waals surface area contributed by atoms with E-state index in [4.69, 9.17) is 4.74 Å². The molecule has 1 atom stereocenters. The summed E-state index contributed by atoms with van der Waals surface area (Å²) in [6.07, 6.45) is 1.81. The van der Waals surface area contributed by atoms with Gasteiger partial charge in [-0.3, -0.25) is 4.98 Å². The lowest BCUT2D eigenvalue weighted by Gasteiger charge is -2.14. The Hall–Kier alpha value is -1.87. The monoisotopic (exact) mass is 271 g/mol. The zero-order valence-corrected chi connectivity index (χ0v) is 12.5. The predicted octanol–water partition coefficient (Wildman–Crippen LogP) is 4.24. The van der Waals surface area contributed by atoms with Crippen LogP contribution >= 0.6 is 0 Å². The fourth-order valence-corrected chi connectivity index (χ4v) is 2.06. The summed E-state index contributed by atoms with van der Waals surface area (Å²) in [5, 5.41) is 9.73. The average molecular weight is 271 g/mol. The van der Waals surface area contributed by atoms with Crippen molar-refractivity contribution in [2.24, 2.45) is 0 Å². The minimum Gasteiger partial charge on any atom is -0.455 e. The first-order valence-electron chi connectivity index (χ1n) is 6.91. The van der Waals surface area contributed by atoms with Crippen LogP contribution in [0.3, 0.4) is 0 Å². The molecule has 1 aromatic carbocycles. The second-order valence-electron chi connectivity index (χ2n) is 5.10. The van der Waals surface area contributed by atoms with Gasteiger partial charge in [0.05, 0.1) is 18.0 Å². The molecule has 0 spiro atoms. The first-order valence-corrected chi connectivity index (χ1v) is 6.91. The molecule has 3 heteroatoms. The Morgan fingerprint density at radius 3 is 2.40 bits per heavy atom. The summed E-state index contributed by atoms with van der Waals surface area (Å²) in [5.41, 5.74) is 4.13. The number of ether oxygens (including phenoxy) is 1. The van der Waals surface area contributed by atoms with Gasteiger partial charge in [0.15, 0.2) is 0 Å². The van der Waals surface area contributed by atoms with E-state index in [-0.39, 0.29) is 0 Å². The normalized spacial score (nSPS) is 12.2. The van der Waals surface area contributed by atoms with E-state index in [0.717, 1.165) is 16.9 Å². The van der Waals surface area contributed by atoms with Crippen LogP contribution in [0.1, 0.15) is 41.8 Å². The van der Waals surface area contributed by atoms with Crippen LogP contribution in [0, 0.1) is 20.8 Å². The second kappa shape index (κ2) is 6.06. The Balaban J connectivity index is 2.25. The van der Waals surface area contributed by atoms with Crippen molar-refractivity contribution in [3.63, 3.8) is 0 Å². The number of aromatic nitrogens is 1. The van der Waals surface area contributed by atoms with Gasteiger partial charge in [-0.05, 0) is 56.0 Å². The molecule has 1 unspecified atom stereocenters. The average Bonchev–Trinajstić information content (AvgIpc) is 2.47. The van der Waals surface area contributed by atoms with Crippen LogP contribution in [-0.4, -0.2) is 10.1 Å². The molecule has 1 N–H and O–H groups in total. The molecule has 106 valence electrons. The highest BCUT2D eigenvalue weighted by Gasteiger charge is 2.10. The topological polar surface area (TPSA) is 42.4 Å². The van der Waals surface area contributed by atoms with Gasteiger partial charge in [-0.25, -0.2) is 0 Å². The quantitative estimate of drug-likeness (QED) is 0.904. The van der Waals surface area contributed by atoms with Crippen molar-refractivity contribution in [1.29, 1.82) is 0 Å². The molecular weight excluding hydrogens is 250 g/mol. The number of aliphatic hydroxyl groups excluding tert-OH is 1. The fraction of sp³-hybridized carbons (Fsp3) is 0.353. The molecule has 0 radical (unpaired) electrons. The lowest BCUT2D eigenvalue weighted by molar-refractivity contribution is 0.169. The molecule has 2 rings (SSSR count). The number of nitrogens with zero attached hydrogens (tertiary/aromatic N) is 1. The van der Waals surface area contributed by atoms with E-state index >= 15 is 0 Å². The Morgan fingerprint density at radius 1 is 1.10 bits per heavy atom. The van der Waals surface area contributed by atoms with Crippen LogP contribution in [0.25, 0.3) is 0 Å². The minimum atomic E-state index is -0.508. The Bertz CT molecular complexity index is 591. The van der Waals surface area contributed by atoms with Crippen molar-refractivity contribution in [2.75, 3.05) is 0 Å². The van der Waals surface area contributed by atoms with Crippen LogP contribution in [-0.2, 0) is 0 Å². The van der Waals surface area contributed by atoms with Crippen molar-refractivity contribution in [3.05, 3.63) is 52.8 Å². The highest BCUT2D eigenvalue weighted by molar-refractivity contribution is 5.46. The molecule has 0 fully saturated rings. The summed E-state index contributed by atoms with van der Waals surface area (Å²) in [6, 6.07) is 7.81. The van der Waals surface area contributed by atoms with Gasteiger partial charge in [0.1, 0.15) is 11.5 Å². The van der Waals surface area contributed by atoms with Gasteiger partial charge in [0, 0.05) is 0 Å². The molecule has 0 saturated carbocycles. The highest BCUT2D eigenvalue weighted by atomic mass is 16.5. The minimum absolute atomic E-state index is 0.508. The summed E-state index contributed by atoms with van der Waals surface area (Å²) in [7, 11) is 0. The molecule has 0 bridgehead atoms. The van der Waals surface area contributed by atoms with Crippen LogP contribution in [0.5, 0.6) is 11.5 Å². The molecule has 0 aliphatic carbocycles. The summed E-state index contributed by atoms with van der Waals surface area (Å²) < 4.78 is 5.94. The smallest absolute Gasteiger partial charge is 0.145 e. The summed E-state index contributed by atoms with van der Waals surface area (Å²) in [6.45, 7) is 8.08. The number of hydrogen-bond acceptors (Lipinski definition) is 3.